The molecule has 0 saturated carbocycles. The maximum Gasteiger partial charge on any atom is 0.274 e. The van der Waals surface area contributed by atoms with Gasteiger partial charge in [-0.05, 0) is 62.1 Å². The first-order chi connectivity index (χ1) is 13.7. The predicted molar refractivity (Wildman–Crippen MR) is 112 cm³/mol. The van der Waals surface area contributed by atoms with E-state index in [0.717, 1.165) is 25.9 Å². The van der Waals surface area contributed by atoms with E-state index in [1.54, 1.807) is 6.07 Å². The van der Waals surface area contributed by atoms with Crippen LogP contribution in [0.5, 0.6) is 0 Å². The Morgan fingerprint density at radius 1 is 1.04 bits per heavy atom. The number of pyridine rings is 1. The summed E-state index contributed by atoms with van der Waals surface area (Å²) < 4.78 is 0. The summed E-state index contributed by atoms with van der Waals surface area (Å²) in [4.78, 5) is 31.2. The molecule has 2 aromatic rings. The Bertz CT molecular complexity index is 798. The van der Waals surface area contributed by atoms with Gasteiger partial charge >= 0.3 is 0 Å². The van der Waals surface area contributed by atoms with E-state index in [1.807, 2.05) is 24.3 Å². The second-order valence-electron chi connectivity index (χ2n) is 7.09. The average molecular weight is 380 g/mol. The van der Waals surface area contributed by atoms with Crippen molar-refractivity contribution in [2.24, 2.45) is 0 Å². The molecule has 0 spiro atoms. The molecule has 0 atom stereocenters. The van der Waals surface area contributed by atoms with Gasteiger partial charge in [0, 0.05) is 42.8 Å². The number of nitrogens with zero attached hydrogens (tertiary/aromatic N) is 2. The fourth-order valence-electron chi connectivity index (χ4n) is 3.28. The fourth-order valence-corrected chi connectivity index (χ4v) is 3.28. The van der Waals surface area contributed by atoms with Crippen LogP contribution in [-0.4, -0.2) is 36.4 Å². The number of nitrogens with one attached hydrogen (secondary N) is 2. The van der Waals surface area contributed by atoms with E-state index in [0.29, 0.717) is 17.8 Å². The van der Waals surface area contributed by atoms with Gasteiger partial charge in [-0.3, -0.25) is 14.6 Å². The third kappa shape index (κ3) is 5.31. The van der Waals surface area contributed by atoms with Gasteiger partial charge in [0.2, 0.25) is 0 Å². The molecule has 0 radical (unpaired) electrons. The number of anilines is 2. The topological polar surface area (TPSA) is 74.3 Å². The maximum absolute atomic E-state index is 12.5. The summed E-state index contributed by atoms with van der Waals surface area (Å²) in [6, 6.07) is 11.0. The van der Waals surface area contributed by atoms with Crippen molar-refractivity contribution in [2.75, 3.05) is 29.9 Å². The number of piperidine rings is 1. The lowest BCUT2D eigenvalue weighted by Crippen LogP contribution is -2.29. The molecule has 6 heteroatoms. The molecule has 3 rings (SSSR count). The number of hydrogen-bond acceptors (Lipinski definition) is 4. The van der Waals surface area contributed by atoms with Gasteiger partial charge in [0.15, 0.2) is 0 Å². The minimum absolute atomic E-state index is 0.184. The summed E-state index contributed by atoms with van der Waals surface area (Å²) in [5, 5.41) is 5.71. The number of carbonyl (C=O) groups is 2. The van der Waals surface area contributed by atoms with Crippen LogP contribution in [-0.2, 0) is 0 Å². The minimum atomic E-state index is -0.325. The molecule has 1 aromatic heterocycles. The lowest BCUT2D eigenvalue weighted by molar-refractivity contribution is 0.0953. The third-order valence-corrected chi connectivity index (χ3v) is 4.92. The van der Waals surface area contributed by atoms with Crippen molar-refractivity contribution in [2.45, 2.75) is 39.0 Å². The molecule has 1 aliphatic rings. The highest BCUT2D eigenvalue weighted by atomic mass is 16.2. The second kappa shape index (κ2) is 9.88. The number of hydrogen-bond donors (Lipinski definition) is 2. The molecular formula is C22H28N4O2. The molecule has 148 valence electrons. The van der Waals surface area contributed by atoms with Crippen LogP contribution >= 0.6 is 0 Å². The van der Waals surface area contributed by atoms with Crippen LogP contribution < -0.4 is 15.5 Å². The number of carbonyl (C=O) groups excluding carboxylic acids is 2. The van der Waals surface area contributed by atoms with Crippen LogP contribution in [0.15, 0.2) is 42.6 Å². The Morgan fingerprint density at radius 3 is 2.50 bits per heavy atom. The van der Waals surface area contributed by atoms with Crippen molar-refractivity contribution >= 4 is 23.2 Å². The first-order valence-electron chi connectivity index (χ1n) is 10.1. The summed E-state index contributed by atoms with van der Waals surface area (Å²) in [6.07, 6.45) is 7.19. The van der Waals surface area contributed by atoms with Crippen LogP contribution in [0.4, 0.5) is 11.4 Å². The Kier molecular flexibility index (Phi) is 7.00. The molecule has 1 aromatic carbocycles. The predicted octanol–water partition coefficient (Wildman–Crippen LogP) is 3.85. The molecule has 6 nitrogen and oxygen atoms in total. The van der Waals surface area contributed by atoms with Crippen LogP contribution in [0, 0.1) is 0 Å². The highest BCUT2D eigenvalue weighted by Crippen LogP contribution is 2.22. The number of unbranched alkanes of at least 4 members (excludes halogenated alkanes) is 1. The lowest BCUT2D eigenvalue weighted by atomic mass is 10.1. The van der Waals surface area contributed by atoms with Gasteiger partial charge in [-0.2, -0.15) is 0 Å². The standard InChI is InChI=1S/C22H28N4O2/c1-2-3-12-24-21(27)17-11-13-23-20(16-17)22(28)25-18-7-9-19(10-8-18)26-14-5-4-6-15-26/h7-11,13,16H,2-6,12,14-15H2,1H3,(H,24,27)(H,25,28). The molecular weight excluding hydrogens is 352 g/mol. The normalized spacial score (nSPS) is 13.8. The van der Waals surface area contributed by atoms with Crippen molar-refractivity contribution in [1.82, 2.24) is 10.3 Å². The van der Waals surface area contributed by atoms with Gasteiger partial charge in [-0.1, -0.05) is 13.3 Å². The van der Waals surface area contributed by atoms with Gasteiger partial charge in [0.25, 0.3) is 11.8 Å². The Morgan fingerprint density at radius 2 is 1.79 bits per heavy atom. The number of aromatic nitrogens is 1. The van der Waals surface area contributed by atoms with E-state index in [4.69, 9.17) is 0 Å². The average Bonchev–Trinajstić information content (AvgIpc) is 2.75. The van der Waals surface area contributed by atoms with Crippen LogP contribution in [0.1, 0.15) is 59.9 Å². The monoisotopic (exact) mass is 380 g/mol. The molecule has 0 aliphatic carbocycles. The van der Waals surface area contributed by atoms with Gasteiger partial charge in [-0.15, -0.1) is 0 Å². The maximum atomic E-state index is 12.5. The number of benzene rings is 1. The van der Waals surface area contributed by atoms with Crippen molar-refractivity contribution in [3.05, 3.63) is 53.9 Å². The fraction of sp³-hybridized carbons (Fsp3) is 0.409. The SMILES string of the molecule is CCCCNC(=O)c1ccnc(C(=O)Nc2ccc(N3CCCCC3)cc2)c1. The first-order valence-corrected chi connectivity index (χ1v) is 10.1. The van der Waals surface area contributed by atoms with Crippen molar-refractivity contribution in [3.63, 3.8) is 0 Å². The zero-order valence-electron chi connectivity index (χ0n) is 16.4. The van der Waals surface area contributed by atoms with E-state index in [-0.39, 0.29) is 17.5 Å². The van der Waals surface area contributed by atoms with Crippen molar-refractivity contribution in [3.8, 4) is 0 Å². The van der Waals surface area contributed by atoms with Crippen molar-refractivity contribution < 1.29 is 9.59 Å². The van der Waals surface area contributed by atoms with E-state index in [9.17, 15) is 9.59 Å². The summed E-state index contributed by atoms with van der Waals surface area (Å²) in [7, 11) is 0. The molecule has 28 heavy (non-hydrogen) atoms. The van der Waals surface area contributed by atoms with E-state index in [2.05, 4.69) is 27.4 Å². The summed E-state index contributed by atoms with van der Waals surface area (Å²) in [5.74, 6) is -0.510. The van der Waals surface area contributed by atoms with Crippen molar-refractivity contribution in [1.29, 1.82) is 0 Å². The Labute approximate surface area is 166 Å². The van der Waals surface area contributed by atoms with E-state index >= 15 is 0 Å². The summed E-state index contributed by atoms with van der Waals surface area (Å²) >= 11 is 0. The summed E-state index contributed by atoms with van der Waals surface area (Å²) in [6.45, 7) is 4.87. The third-order valence-electron chi connectivity index (χ3n) is 4.92. The van der Waals surface area contributed by atoms with Gasteiger partial charge < -0.3 is 15.5 Å². The van der Waals surface area contributed by atoms with Gasteiger partial charge in [0.05, 0.1) is 0 Å². The molecule has 0 bridgehead atoms. The molecule has 1 saturated heterocycles. The van der Waals surface area contributed by atoms with Crippen LogP contribution in [0.25, 0.3) is 0 Å². The quantitative estimate of drug-likeness (QED) is 0.716. The van der Waals surface area contributed by atoms with Gasteiger partial charge in [0.1, 0.15) is 5.69 Å². The van der Waals surface area contributed by atoms with E-state index in [1.165, 1.54) is 37.2 Å². The van der Waals surface area contributed by atoms with Crippen LogP contribution in [0.2, 0.25) is 0 Å². The molecule has 0 unspecified atom stereocenters. The molecule has 2 N–H and O–H groups in total. The zero-order valence-corrected chi connectivity index (χ0v) is 16.4. The molecule has 1 fully saturated rings. The lowest BCUT2D eigenvalue weighted by Gasteiger charge is -2.28. The molecule has 2 heterocycles. The molecule has 2 amide bonds. The number of amides is 2. The summed E-state index contributed by atoms with van der Waals surface area (Å²) in [5.41, 5.74) is 2.56. The highest BCUT2D eigenvalue weighted by Gasteiger charge is 2.13. The smallest absolute Gasteiger partial charge is 0.274 e. The highest BCUT2D eigenvalue weighted by molar-refractivity contribution is 6.04. The second-order valence-corrected chi connectivity index (χ2v) is 7.09. The minimum Gasteiger partial charge on any atom is -0.372 e. The zero-order chi connectivity index (χ0) is 19.8. The molecule has 1 aliphatic heterocycles. The van der Waals surface area contributed by atoms with Gasteiger partial charge in [-0.25, -0.2) is 0 Å². The Hall–Kier alpha value is -2.89. The largest absolute Gasteiger partial charge is 0.372 e. The first kappa shape index (κ1) is 19.9. The number of rotatable bonds is 7. The van der Waals surface area contributed by atoms with E-state index < -0.39 is 0 Å². The Balaban J connectivity index is 1.61. The van der Waals surface area contributed by atoms with Crippen LogP contribution in [0.3, 0.4) is 0 Å².